The minimum absolute atomic E-state index is 0.313. The van der Waals surface area contributed by atoms with Crippen molar-refractivity contribution in [1.82, 2.24) is 19.9 Å². The Morgan fingerprint density at radius 1 is 1.29 bits per heavy atom. The number of aromatic nitrogens is 4. The van der Waals surface area contributed by atoms with Gasteiger partial charge in [0, 0.05) is 37.1 Å². The number of nitrogens with zero attached hydrogens (tertiary/aromatic N) is 4. The Morgan fingerprint density at radius 3 is 2.58 bits per heavy atom. The van der Waals surface area contributed by atoms with Crippen LogP contribution in [0, 0.1) is 13.8 Å². The second-order valence-corrected chi connectivity index (χ2v) is 6.14. The van der Waals surface area contributed by atoms with Gasteiger partial charge in [-0.1, -0.05) is 0 Å². The fourth-order valence-corrected chi connectivity index (χ4v) is 2.98. The molecule has 1 saturated heterocycles. The van der Waals surface area contributed by atoms with E-state index in [9.17, 15) is 4.79 Å². The van der Waals surface area contributed by atoms with Crippen molar-refractivity contribution in [2.45, 2.75) is 39.5 Å². The average Bonchev–Trinajstić information content (AvgIpc) is 2.98. The fraction of sp³-hybridized carbons (Fsp3) is 0.529. The molecular formula is C17H23N5O2. The first-order valence-electron chi connectivity index (χ1n) is 8.35. The highest BCUT2D eigenvalue weighted by Crippen LogP contribution is 2.28. The second-order valence-electron chi connectivity index (χ2n) is 6.14. The summed E-state index contributed by atoms with van der Waals surface area (Å²) in [7, 11) is 0. The second kappa shape index (κ2) is 6.98. The van der Waals surface area contributed by atoms with Crippen LogP contribution >= 0.6 is 0 Å². The Morgan fingerprint density at radius 2 is 1.96 bits per heavy atom. The highest BCUT2D eigenvalue weighted by Gasteiger charge is 2.26. The number of carbonyl (C=O) groups is 1. The molecule has 1 aliphatic rings. The zero-order chi connectivity index (χ0) is 17.1. The number of H-pyrrole nitrogens is 1. The molecule has 128 valence electrons. The van der Waals surface area contributed by atoms with Gasteiger partial charge in [0.1, 0.15) is 5.82 Å². The summed E-state index contributed by atoms with van der Waals surface area (Å²) < 4.78 is 5.05. The summed E-state index contributed by atoms with van der Waals surface area (Å²) in [4.78, 5) is 30.6. The molecule has 0 bridgehead atoms. The van der Waals surface area contributed by atoms with E-state index in [1.54, 1.807) is 6.92 Å². The van der Waals surface area contributed by atoms with Gasteiger partial charge < -0.3 is 14.6 Å². The van der Waals surface area contributed by atoms with Crippen molar-refractivity contribution in [3.63, 3.8) is 0 Å². The van der Waals surface area contributed by atoms with Crippen LogP contribution in [0.25, 0.3) is 0 Å². The number of hydrogen-bond acceptors (Lipinski definition) is 6. The van der Waals surface area contributed by atoms with Gasteiger partial charge in [0.2, 0.25) is 5.95 Å². The number of aryl methyl sites for hydroxylation is 2. The SMILES string of the molecule is CCOC(=O)c1nc(C2CCN(c3ncc(C)cn3)CC2)[nH]c1C. The van der Waals surface area contributed by atoms with E-state index in [4.69, 9.17) is 4.74 Å². The summed E-state index contributed by atoms with van der Waals surface area (Å²) in [6, 6.07) is 0. The van der Waals surface area contributed by atoms with Crippen molar-refractivity contribution < 1.29 is 9.53 Å². The van der Waals surface area contributed by atoms with Gasteiger partial charge in [0.15, 0.2) is 5.69 Å². The monoisotopic (exact) mass is 329 g/mol. The van der Waals surface area contributed by atoms with E-state index >= 15 is 0 Å². The predicted molar refractivity (Wildman–Crippen MR) is 90.2 cm³/mol. The smallest absolute Gasteiger partial charge is 0.358 e. The van der Waals surface area contributed by atoms with E-state index in [0.29, 0.717) is 18.2 Å². The van der Waals surface area contributed by atoms with Gasteiger partial charge in [-0.25, -0.2) is 19.7 Å². The summed E-state index contributed by atoms with van der Waals surface area (Å²) in [6.07, 6.45) is 5.59. The van der Waals surface area contributed by atoms with Crippen LogP contribution in [0.15, 0.2) is 12.4 Å². The molecule has 3 rings (SSSR count). The molecule has 0 saturated carbocycles. The molecular weight excluding hydrogens is 306 g/mol. The van der Waals surface area contributed by atoms with Crippen LogP contribution in [0.2, 0.25) is 0 Å². The first-order chi connectivity index (χ1) is 11.6. The van der Waals surface area contributed by atoms with Crippen molar-refractivity contribution >= 4 is 11.9 Å². The maximum Gasteiger partial charge on any atom is 0.358 e. The molecule has 0 aromatic carbocycles. The number of aromatic amines is 1. The third-order valence-electron chi connectivity index (χ3n) is 4.30. The molecule has 0 aliphatic carbocycles. The van der Waals surface area contributed by atoms with E-state index in [1.807, 2.05) is 26.2 Å². The number of hydrogen-bond donors (Lipinski definition) is 1. The molecule has 3 heterocycles. The minimum atomic E-state index is -0.358. The van der Waals surface area contributed by atoms with E-state index < -0.39 is 0 Å². The van der Waals surface area contributed by atoms with Crippen molar-refractivity contribution in [3.05, 3.63) is 35.2 Å². The summed E-state index contributed by atoms with van der Waals surface area (Å²) in [6.45, 7) is 7.75. The Hall–Kier alpha value is -2.44. The molecule has 0 atom stereocenters. The summed E-state index contributed by atoms with van der Waals surface area (Å²) in [5, 5.41) is 0. The lowest BCUT2D eigenvalue weighted by atomic mass is 9.96. The van der Waals surface area contributed by atoms with Gasteiger partial charge in [0.25, 0.3) is 0 Å². The van der Waals surface area contributed by atoms with Crippen LogP contribution in [0.5, 0.6) is 0 Å². The first kappa shape index (κ1) is 16.4. The summed E-state index contributed by atoms with van der Waals surface area (Å²) >= 11 is 0. The maximum absolute atomic E-state index is 11.9. The Bertz CT molecular complexity index is 702. The molecule has 0 amide bonds. The van der Waals surface area contributed by atoms with Crippen molar-refractivity contribution in [2.75, 3.05) is 24.6 Å². The van der Waals surface area contributed by atoms with E-state index in [2.05, 4.69) is 24.8 Å². The molecule has 0 spiro atoms. The topological polar surface area (TPSA) is 84.0 Å². The summed E-state index contributed by atoms with van der Waals surface area (Å²) in [5.41, 5.74) is 2.23. The maximum atomic E-state index is 11.9. The number of esters is 1. The van der Waals surface area contributed by atoms with Gasteiger partial charge in [-0.3, -0.25) is 0 Å². The van der Waals surface area contributed by atoms with Gasteiger partial charge >= 0.3 is 5.97 Å². The first-order valence-corrected chi connectivity index (χ1v) is 8.35. The third kappa shape index (κ3) is 3.39. The van der Waals surface area contributed by atoms with Crippen molar-refractivity contribution in [2.24, 2.45) is 0 Å². The molecule has 1 N–H and O–H groups in total. The highest BCUT2D eigenvalue weighted by molar-refractivity contribution is 5.88. The molecule has 1 aliphatic heterocycles. The predicted octanol–water partition coefficient (Wildman–Crippen LogP) is 2.38. The van der Waals surface area contributed by atoms with Gasteiger partial charge in [-0.2, -0.15) is 0 Å². The van der Waals surface area contributed by atoms with Crippen LogP contribution in [-0.2, 0) is 4.74 Å². The largest absolute Gasteiger partial charge is 0.461 e. The molecule has 0 radical (unpaired) electrons. The molecule has 24 heavy (non-hydrogen) atoms. The lowest BCUT2D eigenvalue weighted by Gasteiger charge is -2.31. The van der Waals surface area contributed by atoms with Crippen LogP contribution in [-0.4, -0.2) is 45.6 Å². The lowest BCUT2D eigenvalue weighted by molar-refractivity contribution is 0.0519. The highest BCUT2D eigenvalue weighted by atomic mass is 16.5. The standard InChI is InChI=1S/C17H23N5O2/c1-4-24-16(23)14-12(3)20-15(21-14)13-5-7-22(8-6-13)17-18-9-11(2)10-19-17/h9-10,13H,4-8H2,1-3H3,(H,20,21). The van der Waals surface area contributed by atoms with E-state index in [1.165, 1.54) is 0 Å². The number of carbonyl (C=O) groups excluding carboxylic acids is 1. The number of anilines is 1. The fourth-order valence-electron chi connectivity index (χ4n) is 2.98. The summed E-state index contributed by atoms with van der Waals surface area (Å²) in [5.74, 6) is 1.61. The molecule has 1 fully saturated rings. The Balaban J connectivity index is 1.65. The van der Waals surface area contributed by atoms with Crippen LogP contribution in [0.4, 0.5) is 5.95 Å². The van der Waals surface area contributed by atoms with E-state index in [-0.39, 0.29) is 5.97 Å². The molecule has 0 unspecified atom stereocenters. The van der Waals surface area contributed by atoms with E-state index in [0.717, 1.165) is 49.0 Å². The van der Waals surface area contributed by atoms with Crippen LogP contribution < -0.4 is 4.90 Å². The van der Waals surface area contributed by atoms with Crippen LogP contribution in [0.1, 0.15) is 53.3 Å². The molecule has 2 aromatic rings. The lowest BCUT2D eigenvalue weighted by Crippen LogP contribution is -2.34. The third-order valence-corrected chi connectivity index (χ3v) is 4.30. The Labute approximate surface area is 141 Å². The van der Waals surface area contributed by atoms with Gasteiger partial charge in [0.05, 0.1) is 6.61 Å². The van der Waals surface area contributed by atoms with Gasteiger partial charge in [-0.15, -0.1) is 0 Å². The zero-order valence-corrected chi connectivity index (χ0v) is 14.4. The quantitative estimate of drug-likeness (QED) is 0.867. The van der Waals surface area contributed by atoms with Crippen molar-refractivity contribution in [3.8, 4) is 0 Å². The van der Waals surface area contributed by atoms with Gasteiger partial charge in [-0.05, 0) is 39.2 Å². The van der Waals surface area contributed by atoms with Crippen molar-refractivity contribution in [1.29, 1.82) is 0 Å². The number of imidazole rings is 1. The Kier molecular flexibility index (Phi) is 4.78. The minimum Gasteiger partial charge on any atom is -0.461 e. The normalized spacial score (nSPS) is 15.5. The van der Waals surface area contributed by atoms with Crippen LogP contribution in [0.3, 0.4) is 0 Å². The average molecular weight is 329 g/mol. The number of ether oxygens (including phenoxy) is 1. The molecule has 7 nitrogen and oxygen atoms in total. The zero-order valence-electron chi connectivity index (χ0n) is 14.4. The number of nitrogens with one attached hydrogen (secondary N) is 1. The molecule has 2 aromatic heterocycles. The number of piperidine rings is 1. The number of rotatable bonds is 4. The molecule has 7 heteroatoms.